The van der Waals surface area contributed by atoms with Crippen LogP contribution in [0.5, 0.6) is 0 Å². The summed E-state index contributed by atoms with van der Waals surface area (Å²) in [6, 6.07) is 9.48. The van der Waals surface area contributed by atoms with Gasteiger partial charge in [0.05, 0.1) is 25.1 Å². The number of aliphatic carboxylic acids is 1. The highest BCUT2D eigenvalue weighted by atomic mass is 16.4. The predicted molar refractivity (Wildman–Crippen MR) is 57.3 cm³/mol. The standard InChI is InChI=1S/C12H16N2O2/c15-12(16)11-8-13-6-7-14(11)9-10-4-2-1-3-5-10/h1-5,11,13H,6-9H2,(H,15,16)/t11-/m1/s1. The quantitative estimate of drug-likeness (QED) is 0.653. The number of rotatable bonds is 3. The molecular weight excluding hydrogens is 204 g/mol. The van der Waals surface area contributed by atoms with Crippen LogP contribution in [0.3, 0.4) is 0 Å². The molecule has 0 spiro atoms. The van der Waals surface area contributed by atoms with E-state index in [9.17, 15) is 9.90 Å². The van der Waals surface area contributed by atoms with Crippen LogP contribution in [0.15, 0.2) is 30.3 Å². The number of quaternary nitrogens is 1. The lowest BCUT2D eigenvalue weighted by atomic mass is 10.1. The van der Waals surface area contributed by atoms with Gasteiger partial charge >= 0.3 is 0 Å². The summed E-state index contributed by atoms with van der Waals surface area (Å²) in [4.78, 5) is 13.0. The van der Waals surface area contributed by atoms with Crippen molar-refractivity contribution in [3.05, 3.63) is 35.9 Å². The third kappa shape index (κ3) is 2.59. The normalized spacial score (nSPS) is 21.9. The third-order valence-electron chi connectivity index (χ3n) is 2.95. The van der Waals surface area contributed by atoms with Gasteiger partial charge in [0.2, 0.25) is 0 Å². The van der Waals surface area contributed by atoms with Crippen molar-refractivity contribution in [1.82, 2.24) is 4.90 Å². The first-order valence-electron chi connectivity index (χ1n) is 5.58. The molecule has 1 heterocycles. The Balaban J connectivity index is 2.04. The fourth-order valence-corrected chi connectivity index (χ4v) is 2.09. The van der Waals surface area contributed by atoms with Gasteiger partial charge in [-0.2, -0.15) is 0 Å². The second-order valence-electron chi connectivity index (χ2n) is 4.10. The number of carboxylic acid groups (broad SMARTS) is 1. The van der Waals surface area contributed by atoms with E-state index in [1.807, 2.05) is 40.5 Å². The van der Waals surface area contributed by atoms with E-state index in [1.54, 1.807) is 0 Å². The molecule has 1 aliphatic rings. The van der Waals surface area contributed by atoms with Crippen molar-refractivity contribution >= 4 is 5.97 Å². The number of carbonyl (C=O) groups is 1. The molecule has 0 bridgehead atoms. The molecular formula is C12H16N2O2. The zero-order chi connectivity index (χ0) is 11.4. The first-order valence-corrected chi connectivity index (χ1v) is 5.58. The molecule has 1 saturated heterocycles. The summed E-state index contributed by atoms with van der Waals surface area (Å²) in [6.45, 7) is 3.03. The summed E-state index contributed by atoms with van der Waals surface area (Å²) < 4.78 is 0. The maximum Gasteiger partial charge on any atom is 0.0995 e. The molecule has 1 aromatic rings. The second kappa shape index (κ2) is 5.09. The minimum Gasteiger partial charge on any atom is -0.548 e. The molecule has 0 aliphatic carbocycles. The number of hydrogen-bond donors (Lipinski definition) is 1. The van der Waals surface area contributed by atoms with Crippen molar-refractivity contribution in [1.29, 1.82) is 0 Å². The number of nitrogens with two attached hydrogens (primary N) is 1. The van der Waals surface area contributed by atoms with Crippen LogP contribution in [0.2, 0.25) is 0 Å². The minimum absolute atomic E-state index is 0.464. The van der Waals surface area contributed by atoms with Crippen LogP contribution < -0.4 is 10.4 Å². The highest BCUT2D eigenvalue weighted by molar-refractivity contribution is 5.71. The fourth-order valence-electron chi connectivity index (χ4n) is 2.09. The van der Waals surface area contributed by atoms with Crippen LogP contribution >= 0.6 is 0 Å². The molecule has 1 fully saturated rings. The van der Waals surface area contributed by atoms with E-state index in [1.165, 1.54) is 0 Å². The summed E-state index contributed by atoms with van der Waals surface area (Å²) in [5, 5.41) is 13.0. The molecule has 2 rings (SSSR count). The van der Waals surface area contributed by atoms with Gasteiger partial charge in [-0.15, -0.1) is 0 Å². The Hall–Kier alpha value is -1.39. The Labute approximate surface area is 94.9 Å². The van der Waals surface area contributed by atoms with Gasteiger partial charge in [0.15, 0.2) is 0 Å². The van der Waals surface area contributed by atoms with E-state index < -0.39 is 12.0 Å². The van der Waals surface area contributed by atoms with Gasteiger partial charge in [-0.25, -0.2) is 0 Å². The maximum absolute atomic E-state index is 11.0. The van der Waals surface area contributed by atoms with Crippen molar-refractivity contribution in [2.45, 2.75) is 12.6 Å². The van der Waals surface area contributed by atoms with Crippen LogP contribution in [0.25, 0.3) is 0 Å². The van der Waals surface area contributed by atoms with Gasteiger partial charge in [-0.1, -0.05) is 30.3 Å². The van der Waals surface area contributed by atoms with E-state index in [0.717, 1.165) is 18.7 Å². The fraction of sp³-hybridized carbons (Fsp3) is 0.417. The molecule has 0 amide bonds. The molecule has 16 heavy (non-hydrogen) atoms. The van der Waals surface area contributed by atoms with Crippen molar-refractivity contribution in [2.24, 2.45) is 0 Å². The lowest BCUT2D eigenvalue weighted by molar-refractivity contribution is -0.668. The third-order valence-corrected chi connectivity index (χ3v) is 2.95. The molecule has 1 aromatic carbocycles. The second-order valence-corrected chi connectivity index (χ2v) is 4.10. The zero-order valence-corrected chi connectivity index (χ0v) is 9.13. The van der Waals surface area contributed by atoms with Gasteiger partial charge in [0, 0.05) is 13.1 Å². The molecule has 4 heteroatoms. The van der Waals surface area contributed by atoms with E-state index in [4.69, 9.17) is 0 Å². The molecule has 2 N–H and O–H groups in total. The molecule has 1 aliphatic heterocycles. The molecule has 0 aromatic heterocycles. The van der Waals surface area contributed by atoms with Crippen LogP contribution in [0.1, 0.15) is 5.56 Å². The summed E-state index contributed by atoms with van der Waals surface area (Å²) in [7, 11) is 0. The highest BCUT2D eigenvalue weighted by Gasteiger charge is 2.25. The molecule has 0 saturated carbocycles. The van der Waals surface area contributed by atoms with Gasteiger partial charge < -0.3 is 15.2 Å². The number of piperazine rings is 1. The van der Waals surface area contributed by atoms with Crippen molar-refractivity contribution in [3.63, 3.8) is 0 Å². The Morgan fingerprint density at radius 3 is 2.88 bits per heavy atom. The lowest BCUT2D eigenvalue weighted by Gasteiger charge is -2.34. The van der Waals surface area contributed by atoms with Gasteiger partial charge in [-0.3, -0.25) is 4.90 Å². The maximum atomic E-state index is 11.0. The smallest absolute Gasteiger partial charge is 0.0995 e. The Morgan fingerprint density at radius 1 is 1.44 bits per heavy atom. The zero-order valence-electron chi connectivity index (χ0n) is 9.13. The highest BCUT2D eigenvalue weighted by Crippen LogP contribution is 2.08. The van der Waals surface area contributed by atoms with Crippen LogP contribution in [0, 0.1) is 0 Å². The molecule has 0 unspecified atom stereocenters. The van der Waals surface area contributed by atoms with Crippen molar-refractivity contribution in [2.75, 3.05) is 19.6 Å². The van der Waals surface area contributed by atoms with Crippen LogP contribution in [-0.2, 0) is 11.3 Å². The average Bonchev–Trinajstić information content (AvgIpc) is 2.31. The van der Waals surface area contributed by atoms with E-state index >= 15 is 0 Å². The number of carbonyl (C=O) groups excluding carboxylic acids is 1. The van der Waals surface area contributed by atoms with Gasteiger partial charge in [0.25, 0.3) is 0 Å². The predicted octanol–water partition coefficient (Wildman–Crippen LogP) is -1.82. The van der Waals surface area contributed by atoms with Crippen molar-refractivity contribution < 1.29 is 15.2 Å². The van der Waals surface area contributed by atoms with E-state index in [0.29, 0.717) is 13.1 Å². The summed E-state index contributed by atoms with van der Waals surface area (Å²) in [5.41, 5.74) is 1.15. The van der Waals surface area contributed by atoms with Crippen LogP contribution in [0.4, 0.5) is 0 Å². The van der Waals surface area contributed by atoms with Crippen molar-refractivity contribution in [3.8, 4) is 0 Å². The SMILES string of the molecule is O=C([O-])[C@H]1C[NH2+]CCN1Cc1ccccc1. The summed E-state index contributed by atoms with van der Waals surface area (Å²) in [5.74, 6) is -0.966. The molecule has 0 radical (unpaired) electrons. The van der Waals surface area contributed by atoms with E-state index in [-0.39, 0.29) is 0 Å². The minimum atomic E-state index is -0.966. The Morgan fingerprint density at radius 2 is 2.19 bits per heavy atom. The Bertz CT molecular complexity index is 353. The van der Waals surface area contributed by atoms with Crippen LogP contribution in [-0.4, -0.2) is 36.5 Å². The average molecular weight is 220 g/mol. The molecule has 4 nitrogen and oxygen atoms in total. The number of nitrogens with zero attached hydrogens (tertiary/aromatic N) is 1. The van der Waals surface area contributed by atoms with Gasteiger partial charge in [-0.05, 0) is 5.56 Å². The first kappa shape index (κ1) is 11.1. The topological polar surface area (TPSA) is 60.0 Å². The van der Waals surface area contributed by atoms with E-state index in [2.05, 4.69) is 0 Å². The molecule has 1 atom stereocenters. The summed E-state index contributed by atoms with van der Waals surface area (Å²) in [6.07, 6.45) is 0. The largest absolute Gasteiger partial charge is 0.548 e. The number of benzene rings is 1. The molecule has 86 valence electrons. The van der Waals surface area contributed by atoms with Gasteiger partial charge in [0.1, 0.15) is 0 Å². The lowest BCUT2D eigenvalue weighted by Crippen LogP contribution is -2.92. The number of carboxylic acids is 1. The Kier molecular flexibility index (Phi) is 3.54. The first-order chi connectivity index (χ1) is 7.77. The number of hydrogen-bond acceptors (Lipinski definition) is 3. The monoisotopic (exact) mass is 220 g/mol. The summed E-state index contributed by atoms with van der Waals surface area (Å²) >= 11 is 0.